The summed E-state index contributed by atoms with van der Waals surface area (Å²) in [4.78, 5) is 0. The lowest BCUT2D eigenvalue weighted by Gasteiger charge is -2.05. The molecule has 0 spiro atoms. The second kappa shape index (κ2) is 4.86. The maximum absolute atomic E-state index is 8.97. The van der Waals surface area contributed by atoms with Crippen molar-refractivity contribution in [3.8, 4) is 0 Å². The summed E-state index contributed by atoms with van der Waals surface area (Å²) in [6.45, 7) is 0.721. The fourth-order valence-electron chi connectivity index (χ4n) is 1.23. The predicted octanol–water partition coefficient (Wildman–Crippen LogP) is 1.64. The summed E-state index contributed by atoms with van der Waals surface area (Å²) < 4.78 is 3.78. The SMILES string of the molecule is OCc1cccc(NCc2csnn2)c1. The van der Waals surface area contributed by atoms with Gasteiger partial charge in [-0.15, -0.1) is 5.10 Å². The van der Waals surface area contributed by atoms with Crippen molar-refractivity contribution in [1.29, 1.82) is 0 Å². The first-order valence-electron chi connectivity index (χ1n) is 4.58. The van der Waals surface area contributed by atoms with Crippen LogP contribution in [0.25, 0.3) is 0 Å². The van der Waals surface area contributed by atoms with Crippen LogP contribution in [0.1, 0.15) is 11.3 Å². The number of aliphatic hydroxyl groups excluding tert-OH is 1. The Labute approximate surface area is 91.8 Å². The number of aromatic nitrogens is 2. The average molecular weight is 221 g/mol. The zero-order valence-corrected chi connectivity index (χ0v) is 8.87. The minimum absolute atomic E-state index is 0.0633. The summed E-state index contributed by atoms with van der Waals surface area (Å²) in [6.07, 6.45) is 0. The summed E-state index contributed by atoms with van der Waals surface area (Å²) in [6, 6.07) is 7.67. The Morgan fingerprint density at radius 1 is 1.40 bits per heavy atom. The molecular formula is C10H11N3OS. The molecule has 0 unspecified atom stereocenters. The van der Waals surface area contributed by atoms with Gasteiger partial charge in [0.25, 0.3) is 0 Å². The number of hydrogen-bond acceptors (Lipinski definition) is 5. The van der Waals surface area contributed by atoms with Crippen LogP contribution in [-0.4, -0.2) is 14.7 Å². The molecule has 15 heavy (non-hydrogen) atoms. The molecule has 78 valence electrons. The van der Waals surface area contributed by atoms with E-state index in [0.29, 0.717) is 6.54 Å². The van der Waals surface area contributed by atoms with Crippen molar-refractivity contribution in [2.45, 2.75) is 13.2 Å². The molecule has 5 heteroatoms. The number of benzene rings is 1. The monoisotopic (exact) mass is 221 g/mol. The van der Waals surface area contributed by atoms with Crippen molar-refractivity contribution < 1.29 is 5.11 Å². The van der Waals surface area contributed by atoms with E-state index in [2.05, 4.69) is 14.9 Å². The van der Waals surface area contributed by atoms with Crippen molar-refractivity contribution in [1.82, 2.24) is 9.59 Å². The molecular weight excluding hydrogens is 210 g/mol. The van der Waals surface area contributed by atoms with Gasteiger partial charge in [-0.3, -0.25) is 0 Å². The lowest BCUT2D eigenvalue weighted by Crippen LogP contribution is -2.00. The molecule has 0 atom stereocenters. The number of nitrogens with zero attached hydrogens (tertiary/aromatic N) is 2. The van der Waals surface area contributed by atoms with E-state index in [-0.39, 0.29) is 6.61 Å². The Morgan fingerprint density at radius 3 is 3.07 bits per heavy atom. The van der Waals surface area contributed by atoms with Crippen LogP contribution in [0.3, 0.4) is 0 Å². The summed E-state index contributed by atoms with van der Waals surface area (Å²) >= 11 is 1.34. The molecule has 2 N–H and O–H groups in total. The van der Waals surface area contributed by atoms with Crippen LogP contribution < -0.4 is 5.32 Å². The third-order valence-corrected chi connectivity index (χ3v) is 2.54. The lowest BCUT2D eigenvalue weighted by molar-refractivity contribution is 0.282. The van der Waals surface area contributed by atoms with Gasteiger partial charge in [-0.25, -0.2) is 0 Å². The van der Waals surface area contributed by atoms with Crippen LogP contribution in [0.4, 0.5) is 5.69 Å². The van der Waals surface area contributed by atoms with Crippen molar-refractivity contribution in [3.63, 3.8) is 0 Å². The van der Waals surface area contributed by atoms with Gasteiger partial charge in [0.05, 0.1) is 18.8 Å². The molecule has 2 aromatic rings. The van der Waals surface area contributed by atoms with Crippen molar-refractivity contribution in [2.75, 3.05) is 5.32 Å². The highest BCUT2D eigenvalue weighted by atomic mass is 32.1. The quantitative estimate of drug-likeness (QED) is 0.824. The van der Waals surface area contributed by atoms with Crippen LogP contribution in [0.2, 0.25) is 0 Å². The van der Waals surface area contributed by atoms with Crippen LogP contribution in [-0.2, 0) is 13.2 Å². The Morgan fingerprint density at radius 2 is 2.33 bits per heavy atom. The maximum Gasteiger partial charge on any atom is 0.0946 e. The average Bonchev–Trinajstić information content (AvgIpc) is 2.79. The van der Waals surface area contributed by atoms with Crippen LogP contribution in [0.15, 0.2) is 29.6 Å². The molecule has 0 aliphatic heterocycles. The van der Waals surface area contributed by atoms with Gasteiger partial charge in [0.1, 0.15) is 0 Å². The van der Waals surface area contributed by atoms with Gasteiger partial charge >= 0.3 is 0 Å². The minimum atomic E-state index is 0.0633. The Balaban J connectivity index is 1.98. The minimum Gasteiger partial charge on any atom is -0.392 e. The number of rotatable bonds is 4. The van der Waals surface area contributed by atoms with Crippen LogP contribution in [0, 0.1) is 0 Å². The Kier molecular flexibility index (Phi) is 3.26. The van der Waals surface area contributed by atoms with Gasteiger partial charge < -0.3 is 10.4 Å². The highest BCUT2D eigenvalue weighted by molar-refractivity contribution is 7.03. The standard InChI is InChI=1S/C10H11N3OS/c14-6-8-2-1-3-9(4-8)11-5-10-7-15-13-12-10/h1-4,7,11,14H,5-6H2. The molecule has 0 aliphatic rings. The molecule has 0 radical (unpaired) electrons. The highest BCUT2D eigenvalue weighted by Crippen LogP contribution is 2.11. The van der Waals surface area contributed by atoms with Crippen LogP contribution in [0.5, 0.6) is 0 Å². The molecule has 4 nitrogen and oxygen atoms in total. The molecule has 2 rings (SSSR count). The number of aliphatic hydroxyl groups is 1. The normalized spacial score (nSPS) is 10.2. The number of anilines is 1. The molecule has 1 aromatic heterocycles. The molecule has 0 saturated carbocycles. The number of nitrogens with one attached hydrogen (secondary N) is 1. The second-order valence-electron chi connectivity index (χ2n) is 3.11. The van der Waals surface area contributed by atoms with Crippen molar-refractivity contribution >= 4 is 17.2 Å². The zero-order valence-electron chi connectivity index (χ0n) is 8.05. The van der Waals surface area contributed by atoms with Gasteiger partial charge in [0, 0.05) is 11.1 Å². The van der Waals surface area contributed by atoms with Gasteiger partial charge in [0.15, 0.2) is 0 Å². The van der Waals surface area contributed by atoms with E-state index >= 15 is 0 Å². The summed E-state index contributed by atoms with van der Waals surface area (Å²) in [7, 11) is 0. The van der Waals surface area contributed by atoms with Crippen molar-refractivity contribution in [3.05, 3.63) is 40.9 Å². The fraction of sp³-hybridized carbons (Fsp3) is 0.200. The van der Waals surface area contributed by atoms with E-state index in [1.807, 2.05) is 29.6 Å². The van der Waals surface area contributed by atoms with Gasteiger partial charge in [0.2, 0.25) is 0 Å². The molecule has 0 saturated heterocycles. The number of hydrogen-bond donors (Lipinski definition) is 2. The maximum atomic E-state index is 8.97. The fourth-order valence-corrected chi connectivity index (χ4v) is 1.68. The van der Waals surface area contributed by atoms with E-state index in [9.17, 15) is 0 Å². The van der Waals surface area contributed by atoms with E-state index in [0.717, 1.165) is 16.9 Å². The molecule has 1 heterocycles. The Hall–Kier alpha value is -1.46. The molecule has 0 bridgehead atoms. The summed E-state index contributed by atoms with van der Waals surface area (Å²) in [5.41, 5.74) is 2.81. The Bertz CT molecular complexity index is 416. The predicted molar refractivity (Wildman–Crippen MR) is 59.6 cm³/mol. The summed E-state index contributed by atoms with van der Waals surface area (Å²) in [5, 5.41) is 18.0. The first-order valence-corrected chi connectivity index (χ1v) is 5.42. The summed E-state index contributed by atoms with van der Waals surface area (Å²) in [5.74, 6) is 0. The van der Waals surface area contributed by atoms with E-state index in [1.165, 1.54) is 11.5 Å². The smallest absolute Gasteiger partial charge is 0.0946 e. The first-order chi connectivity index (χ1) is 7.38. The lowest BCUT2D eigenvalue weighted by atomic mass is 10.2. The largest absolute Gasteiger partial charge is 0.392 e. The van der Waals surface area contributed by atoms with Crippen molar-refractivity contribution in [2.24, 2.45) is 0 Å². The molecule has 0 amide bonds. The van der Waals surface area contributed by atoms with Gasteiger partial charge in [-0.2, -0.15) is 0 Å². The highest BCUT2D eigenvalue weighted by Gasteiger charge is 1.97. The molecule has 0 aliphatic carbocycles. The van der Waals surface area contributed by atoms with Gasteiger partial charge in [-0.1, -0.05) is 16.6 Å². The van der Waals surface area contributed by atoms with E-state index < -0.39 is 0 Å². The third-order valence-electron chi connectivity index (χ3n) is 1.99. The molecule has 0 fully saturated rings. The van der Waals surface area contributed by atoms with E-state index in [4.69, 9.17) is 5.11 Å². The third kappa shape index (κ3) is 2.74. The topological polar surface area (TPSA) is 58.0 Å². The second-order valence-corrected chi connectivity index (χ2v) is 3.72. The zero-order chi connectivity index (χ0) is 10.5. The first kappa shape index (κ1) is 10.1. The van der Waals surface area contributed by atoms with Gasteiger partial charge in [-0.05, 0) is 29.2 Å². The van der Waals surface area contributed by atoms with E-state index in [1.54, 1.807) is 0 Å². The van der Waals surface area contributed by atoms with Crippen LogP contribution >= 0.6 is 11.5 Å². The molecule has 1 aromatic carbocycles.